The zero-order valence-electron chi connectivity index (χ0n) is 15.0. The molecule has 138 valence electrons. The van der Waals surface area contributed by atoms with E-state index in [4.69, 9.17) is 13.7 Å². The number of methoxy groups -OCH3 is 2. The molecule has 26 heavy (non-hydrogen) atoms. The molecule has 0 aliphatic carbocycles. The number of hydrogen-bond acceptors (Lipinski definition) is 6. The lowest BCUT2D eigenvalue weighted by Gasteiger charge is -2.20. The van der Waals surface area contributed by atoms with E-state index in [1.807, 2.05) is 24.3 Å². The fraction of sp³-hybridized carbons (Fsp3) is 0.316. The van der Waals surface area contributed by atoms with Crippen molar-refractivity contribution in [3.8, 4) is 17.2 Å². The number of fused-ring (bicyclic) bond motifs is 1. The van der Waals surface area contributed by atoms with Crippen LogP contribution in [0.1, 0.15) is 16.7 Å². The quantitative estimate of drug-likeness (QED) is 0.726. The second-order valence-corrected chi connectivity index (χ2v) is 7.63. The van der Waals surface area contributed by atoms with Gasteiger partial charge in [0, 0.05) is 24.2 Å². The summed E-state index contributed by atoms with van der Waals surface area (Å²) >= 11 is 0. The Morgan fingerprint density at radius 3 is 2.31 bits per heavy atom. The molecule has 0 unspecified atom stereocenters. The van der Waals surface area contributed by atoms with Gasteiger partial charge in [0.15, 0.2) is 11.5 Å². The molecule has 0 radical (unpaired) electrons. The number of hydrogen-bond donors (Lipinski definition) is 0. The van der Waals surface area contributed by atoms with Crippen LogP contribution in [-0.2, 0) is 23.0 Å². The highest BCUT2D eigenvalue weighted by Crippen LogP contribution is 2.33. The monoisotopic (exact) mass is 375 g/mol. The molecule has 0 amide bonds. The first-order chi connectivity index (χ1) is 12.4. The highest BCUT2D eigenvalue weighted by Gasteiger charge is 2.18. The first-order valence-corrected chi connectivity index (χ1v) is 9.98. The maximum absolute atomic E-state index is 11.2. The van der Waals surface area contributed by atoms with Crippen molar-refractivity contribution in [2.75, 3.05) is 27.0 Å². The van der Waals surface area contributed by atoms with E-state index in [1.165, 1.54) is 5.56 Å². The van der Waals surface area contributed by atoms with Crippen LogP contribution in [0.5, 0.6) is 17.2 Å². The normalized spacial score (nSPS) is 13.6. The third-order valence-electron chi connectivity index (χ3n) is 4.15. The van der Waals surface area contributed by atoms with Gasteiger partial charge in [-0.05, 0) is 41.8 Å². The van der Waals surface area contributed by atoms with E-state index in [1.54, 1.807) is 26.4 Å². The number of rotatable bonds is 6. The van der Waals surface area contributed by atoms with E-state index in [0.29, 0.717) is 17.9 Å². The van der Waals surface area contributed by atoms with Gasteiger partial charge in [-0.1, -0.05) is 12.1 Å². The summed E-state index contributed by atoms with van der Waals surface area (Å²) in [5.74, 6) is 1.70. The van der Waals surface area contributed by atoms with Gasteiger partial charge in [-0.25, -0.2) is 0 Å². The molecule has 0 aromatic heterocycles. The summed E-state index contributed by atoms with van der Waals surface area (Å²) < 4.78 is 38.0. The van der Waals surface area contributed by atoms with Crippen molar-refractivity contribution in [2.45, 2.75) is 12.8 Å². The van der Waals surface area contributed by atoms with Crippen LogP contribution < -0.4 is 13.7 Å². The lowest BCUT2D eigenvalue weighted by Crippen LogP contribution is -2.16. The largest absolute Gasteiger partial charge is 0.493 e. The number of ether oxygens (including phenoxy) is 2. The molecular weight excluding hydrogens is 354 g/mol. The van der Waals surface area contributed by atoms with Gasteiger partial charge < -0.3 is 13.7 Å². The van der Waals surface area contributed by atoms with Crippen molar-refractivity contribution in [1.82, 2.24) is 0 Å². The topological polar surface area (TPSA) is 74.2 Å². The van der Waals surface area contributed by atoms with E-state index in [2.05, 4.69) is 4.99 Å². The summed E-state index contributed by atoms with van der Waals surface area (Å²) in [6, 6.07) is 11.0. The molecule has 0 bridgehead atoms. The van der Waals surface area contributed by atoms with Gasteiger partial charge in [-0.15, -0.1) is 0 Å². The third kappa shape index (κ3) is 4.16. The Balaban J connectivity index is 1.84. The van der Waals surface area contributed by atoms with E-state index in [0.717, 1.165) is 41.8 Å². The van der Waals surface area contributed by atoms with Crippen molar-refractivity contribution >= 4 is 15.8 Å². The molecule has 0 spiro atoms. The lowest BCUT2D eigenvalue weighted by atomic mass is 9.93. The molecule has 0 atom stereocenters. The van der Waals surface area contributed by atoms with Gasteiger partial charge in [0.05, 0.1) is 20.5 Å². The zero-order chi connectivity index (χ0) is 18.7. The smallest absolute Gasteiger partial charge is 0.306 e. The molecule has 0 saturated carbocycles. The second-order valence-electron chi connectivity index (χ2n) is 6.05. The minimum Gasteiger partial charge on any atom is -0.493 e. The SMILES string of the molecule is COc1cc2c(cc1OC)C(Cc1ccc(OS(C)(=O)=O)cc1)=NCC2. The Morgan fingerprint density at radius 1 is 1.04 bits per heavy atom. The molecular formula is C19H21NO5S. The van der Waals surface area contributed by atoms with Crippen molar-refractivity contribution in [3.05, 3.63) is 53.1 Å². The van der Waals surface area contributed by atoms with E-state index >= 15 is 0 Å². The van der Waals surface area contributed by atoms with Gasteiger partial charge in [-0.2, -0.15) is 8.42 Å². The first kappa shape index (κ1) is 18.3. The summed E-state index contributed by atoms with van der Waals surface area (Å²) in [7, 11) is -0.278. The Kier molecular flexibility index (Phi) is 5.18. The molecule has 1 heterocycles. The molecule has 0 saturated heterocycles. The Hall–Kier alpha value is -2.54. The van der Waals surface area contributed by atoms with Crippen molar-refractivity contribution in [1.29, 1.82) is 0 Å². The van der Waals surface area contributed by atoms with Crippen LogP contribution >= 0.6 is 0 Å². The van der Waals surface area contributed by atoms with Gasteiger partial charge >= 0.3 is 10.1 Å². The Morgan fingerprint density at radius 2 is 1.69 bits per heavy atom. The summed E-state index contributed by atoms with van der Waals surface area (Å²) in [5.41, 5.74) is 4.24. The van der Waals surface area contributed by atoms with Crippen LogP contribution in [0, 0.1) is 0 Å². The summed E-state index contributed by atoms with van der Waals surface area (Å²) in [6.07, 6.45) is 2.53. The van der Waals surface area contributed by atoms with Crippen molar-refractivity contribution in [3.63, 3.8) is 0 Å². The maximum Gasteiger partial charge on any atom is 0.306 e. The summed E-state index contributed by atoms with van der Waals surface area (Å²) in [6.45, 7) is 0.729. The second kappa shape index (κ2) is 7.37. The van der Waals surface area contributed by atoms with E-state index < -0.39 is 10.1 Å². The predicted octanol–water partition coefficient (Wildman–Crippen LogP) is 2.63. The van der Waals surface area contributed by atoms with Crippen molar-refractivity contribution in [2.24, 2.45) is 4.99 Å². The summed E-state index contributed by atoms with van der Waals surface area (Å²) in [5, 5.41) is 0. The highest BCUT2D eigenvalue weighted by atomic mass is 32.2. The standard InChI is InChI=1S/C19H21NO5S/c1-23-18-11-14-8-9-20-17(16(14)12-19(18)24-2)10-13-4-6-15(7-5-13)25-26(3,21)22/h4-7,11-12H,8-10H2,1-3H3. The fourth-order valence-corrected chi connectivity index (χ4v) is 3.44. The number of nitrogens with zero attached hydrogens (tertiary/aromatic N) is 1. The lowest BCUT2D eigenvalue weighted by molar-refractivity contribution is 0.354. The molecule has 7 heteroatoms. The zero-order valence-corrected chi connectivity index (χ0v) is 15.8. The minimum absolute atomic E-state index is 0.300. The molecule has 0 fully saturated rings. The van der Waals surface area contributed by atoms with Gasteiger partial charge in [-0.3, -0.25) is 4.99 Å². The molecule has 3 rings (SSSR count). The average molecular weight is 375 g/mol. The molecule has 6 nitrogen and oxygen atoms in total. The summed E-state index contributed by atoms with van der Waals surface area (Å²) in [4.78, 5) is 4.67. The van der Waals surface area contributed by atoms with Crippen LogP contribution in [0.4, 0.5) is 0 Å². The molecule has 0 N–H and O–H groups in total. The van der Waals surface area contributed by atoms with Crippen LogP contribution in [-0.4, -0.2) is 41.1 Å². The predicted molar refractivity (Wildman–Crippen MR) is 100 cm³/mol. The molecule has 2 aromatic carbocycles. The molecule has 1 aliphatic heterocycles. The van der Waals surface area contributed by atoms with E-state index in [-0.39, 0.29) is 0 Å². The maximum atomic E-state index is 11.2. The molecule has 2 aromatic rings. The number of aliphatic imine (C=N–C) groups is 1. The fourth-order valence-electron chi connectivity index (χ4n) is 2.98. The van der Waals surface area contributed by atoms with Crippen LogP contribution in [0.25, 0.3) is 0 Å². The first-order valence-electron chi connectivity index (χ1n) is 8.16. The average Bonchev–Trinajstić information content (AvgIpc) is 2.61. The van der Waals surface area contributed by atoms with Gasteiger partial charge in [0.1, 0.15) is 5.75 Å². The molecule has 1 aliphatic rings. The van der Waals surface area contributed by atoms with Crippen LogP contribution in [0.3, 0.4) is 0 Å². The van der Waals surface area contributed by atoms with Crippen molar-refractivity contribution < 1.29 is 22.1 Å². The Bertz CT molecular complexity index is 933. The minimum atomic E-state index is -3.52. The van der Waals surface area contributed by atoms with Crippen LogP contribution in [0.2, 0.25) is 0 Å². The van der Waals surface area contributed by atoms with Crippen LogP contribution in [0.15, 0.2) is 41.4 Å². The van der Waals surface area contributed by atoms with E-state index in [9.17, 15) is 8.42 Å². The third-order valence-corrected chi connectivity index (χ3v) is 4.64. The van der Waals surface area contributed by atoms with Gasteiger partial charge in [0.25, 0.3) is 0 Å². The number of benzene rings is 2. The Labute approximate surface area is 153 Å². The van der Waals surface area contributed by atoms with Gasteiger partial charge in [0.2, 0.25) is 0 Å². The highest BCUT2D eigenvalue weighted by molar-refractivity contribution is 7.86.